The van der Waals surface area contributed by atoms with Crippen LogP contribution in [0.15, 0.2) is 47.1 Å². The molecule has 0 radical (unpaired) electrons. The number of Topliss-reactive ketones (excluding diaryl/α,β-unsaturated/α-hetero) is 1. The summed E-state index contributed by atoms with van der Waals surface area (Å²) in [6.45, 7) is 10.0. The number of carbonyl (C=O) groups excluding carboxylic acids is 1. The molecule has 4 rings (SSSR count). The summed E-state index contributed by atoms with van der Waals surface area (Å²) in [4.78, 5) is 12.4. The molecule has 134 valence electrons. The van der Waals surface area contributed by atoms with Gasteiger partial charge in [-0.2, -0.15) is 0 Å². The van der Waals surface area contributed by atoms with Crippen LogP contribution in [0.3, 0.4) is 0 Å². The lowest BCUT2D eigenvalue weighted by molar-refractivity contribution is -0.150. The Labute approximate surface area is 155 Å². The lowest BCUT2D eigenvalue weighted by Gasteiger charge is -2.56. The van der Waals surface area contributed by atoms with Crippen molar-refractivity contribution in [2.45, 2.75) is 52.1 Å². The monoisotopic (exact) mass is 358 g/mol. The third-order valence-electron chi connectivity index (χ3n) is 8.01. The normalized spacial score (nSPS) is 48.2. The van der Waals surface area contributed by atoms with Gasteiger partial charge in [-0.05, 0) is 61.5 Å². The highest BCUT2D eigenvalue weighted by atomic mass is 35.5. The highest BCUT2D eigenvalue weighted by Crippen LogP contribution is 2.68. The Hall–Kier alpha value is -1.12. The number of halogens is 1. The molecule has 0 heterocycles. The quantitative estimate of drug-likeness (QED) is 0.674. The molecule has 2 nitrogen and oxygen atoms in total. The summed E-state index contributed by atoms with van der Waals surface area (Å²) in [7, 11) is 0. The minimum atomic E-state index is -1.40. The molecule has 2 saturated carbocycles. The largest absolute Gasteiger partial charge is 0.377 e. The van der Waals surface area contributed by atoms with Crippen LogP contribution < -0.4 is 0 Å². The van der Waals surface area contributed by atoms with Gasteiger partial charge in [-0.25, -0.2) is 0 Å². The van der Waals surface area contributed by atoms with E-state index in [0.717, 1.165) is 24.3 Å². The Kier molecular flexibility index (Phi) is 3.60. The Morgan fingerprint density at radius 1 is 1.36 bits per heavy atom. The van der Waals surface area contributed by atoms with Gasteiger partial charge in [0.25, 0.3) is 0 Å². The van der Waals surface area contributed by atoms with E-state index in [2.05, 4.69) is 44.7 Å². The lowest BCUT2D eigenvalue weighted by Crippen LogP contribution is -2.56. The van der Waals surface area contributed by atoms with Gasteiger partial charge in [0.05, 0.1) is 0 Å². The summed E-state index contributed by atoms with van der Waals surface area (Å²) in [5.41, 5.74) is 0.136. The van der Waals surface area contributed by atoms with Crippen LogP contribution in [0, 0.1) is 28.6 Å². The SMILES string of the molecule is C=C1C[C@H]2[C@@H]3C=C(Cl)C4=CC=CC[C@]4(C)[C@H]3CC[C@]2(C)[C@@]1(O)C(C)=O. The van der Waals surface area contributed by atoms with Crippen molar-refractivity contribution < 1.29 is 9.90 Å². The van der Waals surface area contributed by atoms with Crippen LogP contribution in [0.2, 0.25) is 0 Å². The van der Waals surface area contributed by atoms with E-state index in [9.17, 15) is 9.90 Å². The highest BCUT2D eigenvalue weighted by molar-refractivity contribution is 6.32. The molecule has 1 N–H and O–H groups in total. The smallest absolute Gasteiger partial charge is 0.166 e. The first-order valence-corrected chi connectivity index (χ1v) is 9.71. The number of allylic oxidation sites excluding steroid dienone is 6. The molecule has 0 aromatic carbocycles. The van der Waals surface area contributed by atoms with E-state index in [0.29, 0.717) is 17.9 Å². The number of fused-ring (bicyclic) bond motifs is 5. The molecule has 0 amide bonds. The van der Waals surface area contributed by atoms with Gasteiger partial charge in [0, 0.05) is 15.9 Å². The lowest BCUT2D eigenvalue weighted by atomic mass is 9.48. The van der Waals surface area contributed by atoms with Gasteiger partial charge >= 0.3 is 0 Å². The molecule has 0 bridgehead atoms. The second kappa shape index (κ2) is 5.20. The third kappa shape index (κ3) is 1.93. The average molecular weight is 359 g/mol. The first-order valence-electron chi connectivity index (χ1n) is 9.33. The van der Waals surface area contributed by atoms with Crippen LogP contribution in [0.4, 0.5) is 0 Å². The molecule has 2 fully saturated rings. The van der Waals surface area contributed by atoms with Crippen LogP contribution in [-0.4, -0.2) is 16.5 Å². The number of hydrogen-bond donors (Lipinski definition) is 1. The van der Waals surface area contributed by atoms with Crippen LogP contribution >= 0.6 is 11.6 Å². The van der Waals surface area contributed by atoms with E-state index >= 15 is 0 Å². The van der Waals surface area contributed by atoms with Gasteiger partial charge in [-0.15, -0.1) is 0 Å². The highest BCUT2D eigenvalue weighted by Gasteiger charge is 2.66. The summed E-state index contributed by atoms with van der Waals surface area (Å²) in [5.74, 6) is 0.821. The molecular formula is C22H27ClO2. The molecule has 4 aliphatic rings. The number of rotatable bonds is 1. The molecule has 0 aliphatic heterocycles. The Morgan fingerprint density at radius 2 is 2.08 bits per heavy atom. The van der Waals surface area contributed by atoms with E-state index in [1.54, 1.807) is 0 Å². The van der Waals surface area contributed by atoms with Crippen molar-refractivity contribution in [3.63, 3.8) is 0 Å². The molecule has 0 saturated heterocycles. The van der Waals surface area contributed by atoms with Gasteiger partial charge in [0.2, 0.25) is 0 Å². The van der Waals surface area contributed by atoms with E-state index < -0.39 is 11.0 Å². The van der Waals surface area contributed by atoms with Crippen LogP contribution in [0.5, 0.6) is 0 Å². The fourth-order valence-electron chi connectivity index (χ4n) is 6.53. The zero-order valence-corrected chi connectivity index (χ0v) is 16.1. The molecule has 25 heavy (non-hydrogen) atoms. The van der Waals surface area contributed by atoms with E-state index in [1.165, 1.54) is 12.5 Å². The molecule has 0 spiro atoms. The predicted octanol–water partition coefficient (Wildman–Crippen LogP) is 4.94. The van der Waals surface area contributed by atoms with Crippen molar-refractivity contribution in [1.82, 2.24) is 0 Å². The van der Waals surface area contributed by atoms with Crippen molar-refractivity contribution in [2.75, 3.05) is 0 Å². The molecule has 0 aromatic rings. The minimum Gasteiger partial charge on any atom is -0.377 e. The molecule has 3 heteroatoms. The third-order valence-corrected chi connectivity index (χ3v) is 8.34. The summed E-state index contributed by atoms with van der Waals surface area (Å²) in [5, 5.41) is 12.2. The first-order chi connectivity index (χ1) is 11.7. The Balaban J connectivity index is 1.83. The maximum atomic E-state index is 12.4. The molecular weight excluding hydrogens is 332 g/mol. The van der Waals surface area contributed by atoms with E-state index in [4.69, 9.17) is 11.6 Å². The topological polar surface area (TPSA) is 37.3 Å². The van der Waals surface area contributed by atoms with Crippen molar-refractivity contribution in [3.8, 4) is 0 Å². The standard InChI is InChI=1S/C22H27ClO2/c1-13-11-18-15-12-19(23)17-7-5-6-9-20(17,3)16(15)8-10-21(18,4)22(13,25)14(2)24/h5-7,12,15-16,18,25H,1,8-11H2,2-4H3/t15-,16+,18+,20-,21+,22+/m1/s1. The summed E-state index contributed by atoms with van der Waals surface area (Å²) < 4.78 is 0. The van der Waals surface area contributed by atoms with Crippen LogP contribution in [0.1, 0.15) is 46.5 Å². The molecule has 0 unspecified atom stereocenters. The van der Waals surface area contributed by atoms with Gasteiger partial charge in [0.15, 0.2) is 5.78 Å². The molecule has 4 aliphatic carbocycles. The van der Waals surface area contributed by atoms with Gasteiger partial charge < -0.3 is 5.11 Å². The maximum Gasteiger partial charge on any atom is 0.166 e. The zero-order valence-electron chi connectivity index (χ0n) is 15.3. The van der Waals surface area contributed by atoms with Gasteiger partial charge in [-0.1, -0.05) is 56.3 Å². The van der Waals surface area contributed by atoms with Crippen LogP contribution in [0.25, 0.3) is 0 Å². The number of aliphatic hydroxyl groups is 1. The second-order valence-corrected chi connectivity index (χ2v) is 9.37. The summed E-state index contributed by atoms with van der Waals surface area (Å²) in [6, 6.07) is 0. The number of ketones is 1. The average Bonchev–Trinajstić information content (AvgIpc) is 2.76. The van der Waals surface area contributed by atoms with Crippen molar-refractivity contribution in [1.29, 1.82) is 0 Å². The fraction of sp³-hybridized carbons (Fsp3) is 0.591. The van der Waals surface area contributed by atoms with Crippen LogP contribution in [-0.2, 0) is 4.79 Å². The van der Waals surface area contributed by atoms with E-state index in [-0.39, 0.29) is 23.0 Å². The van der Waals surface area contributed by atoms with E-state index in [1.807, 2.05) is 0 Å². The minimum absolute atomic E-state index is 0.0465. The zero-order chi connectivity index (χ0) is 18.2. The van der Waals surface area contributed by atoms with Gasteiger partial charge in [0.1, 0.15) is 5.60 Å². The van der Waals surface area contributed by atoms with Crippen molar-refractivity contribution in [3.05, 3.63) is 47.1 Å². The van der Waals surface area contributed by atoms with Gasteiger partial charge in [-0.3, -0.25) is 4.79 Å². The number of hydrogen-bond acceptors (Lipinski definition) is 2. The fourth-order valence-corrected chi connectivity index (χ4v) is 6.96. The second-order valence-electron chi connectivity index (χ2n) is 8.97. The summed E-state index contributed by atoms with van der Waals surface area (Å²) in [6.07, 6.45) is 12.3. The van der Waals surface area contributed by atoms with Crippen molar-refractivity contribution in [2.24, 2.45) is 28.6 Å². The summed E-state index contributed by atoms with van der Waals surface area (Å²) >= 11 is 6.71. The number of carbonyl (C=O) groups is 1. The Bertz CT molecular complexity index is 760. The molecule has 0 aromatic heterocycles. The Morgan fingerprint density at radius 3 is 2.76 bits per heavy atom. The first kappa shape index (κ1) is 17.3. The van der Waals surface area contributed by atoms with Crippen molar-refractivity contribution >= 4 is 17.4 Å². The molecule has 6 atom stereocenters. The maximum absolute atomic E-state index is 12.4. The predicted molar refractivity (Wildman–Crippen MR) is 101 cm³/mol.